The Kier molecular flexibility index (Phi) is 6.41. The number of aryl methyl sites for hydroxylation is 3. The molecule has 9 heteroatoms. The van der Waals surface area contributed by atoms with Gasteiger partial charge in [-0.3, -0.25) is 4.79 Å². The Morgan fingerprint density at radius 2 is 1.81 bits per heavy atom. The maximum Gasteiger partial charge on any atom is 0.346 e. The molecule has 32 heavy (non-hydrogen) atoms. The number of carbonyl (C=O) groups excluding carboxylic acids is 2. The van der Waals surface area contributed by atoms with Crippen molar-refractivity contribution in [1.82, 2.24) is 14.3 Å². The zero-order valence-electron chi connectivity index (χ0n) is 19.1. The highest BCUT2D eigenvalue weighted by Gasteiger charge is 2.28. The quantitative estimate of drug-likeness (QED) is 0.399. The highest BCUT2D eigenvalue weighted by atomic mass is 32.2. The predicted molar refractivity (Wildman–Crippen MR) is 120 cm³/mol. The molecule has 0 bridgehead atoms. The summed E-state index contributed by atoms with van der Waals surface area (Å²) < 4.78 is 33.2. The van der Waals surface area contributed by atoms with Crippen molar-refractivity contribution in [2.75, 3.05) is 6.26 Å². The Morgan fingerprint density at radius 1 is 1.12 bits per heavy atom. The number of ether oxygens (including phenoxy) is 1. The number of carbonyl (C=O) groups is 2. The van der Waals surface area contributed by atoms with Crippen LogP contribution in [-0.4, -0.2) is 40.8 Å². The summed E-state index contributed by atoms with van der Waals surface area (Å²) in [5, 5.41) is 4.37. The first-order valence-electron chi connectivity index (χ1n) is 10.3. The normalized spacial score (nSPS) is 11.6. The van der Waals surface area contributed by atoms with Crippen molar-refractivity contribution in [2.45, 2.75) is 45.6 Å². The Labute approximate surface area is 187 Å². The lowest BCUT2D eigenvalue weighted by molar-refractivity contribution is 0.0716. The molecule has 0 spiro atoms. The molecule has 8 nitrogen and oxygen atoms in total. The smallest absolute Gasteiger partial charge is 0.346 e. The second-order valence-corrected chi connectivity index (χ2v) is 9.69. The van der Waals surface area contributed by atoms with Crippen LogP contribution in [-0.2, 0) is 29.9 Å². The van der Waals surface area contributed by atoms with E-state index in [0.717, 1.165) is 6.26 Å². The van der Waals surface area contributed by atoms with Crippen molar-refractivity contribution in [2.24, 2.45) is 7.05 Å². The minimum Gasteiger partial charge on any atom is -0.403 e. The van der Waals surface area contributed by atoms with Crippen LogP contribution in [0.15, 0.2) is 35.5 Å². The molecule has 0 radical (unpaired) electrons. The summed E-state index contributed by atoms with van der Waals surface area (Å²) in [6.07, 6.45) is 4.96. The van der Waals surface area contributed by atoms with Gasteiger partial charge in [0.25, 0.3) is 0 Å². The van der Waals surface area contributed by atoms with E-state index in [4.69, 9.17) is 4.74 Å². The van der Waals surface area contributed by atoms with Crippen molar-refractivity contribution in [3.63, 3.8) is 0 Å². The van der Waals surface area contributed by atoms with E-state index < -0.39 is 15.8 Å². The fraction of sp³-hybridized carbons (Fsp3) is 0.348. The summed E-state index contributed by atoms with van der Waals surface area (Å²) >= 11 is 0. The molecule has 1 aromatic carbocycles. The van der Waals surface area contributed by atoms with E-state index >= 15 is 0 Å². The van der Waals surface area contributed by atoms with Gasteiger partial charge in [0.2, 0.25) is 11.7 Å². The lowest BCUT2D eigenvalue weighted by atomic mass is 9.94. The van der Waals surface area contributed by atoms with Crippen LogP contribution in [0.4, 0.5) is 0 Å². The second kappa shape index (κ2) is 8.74. The number of aromatic nitrogens is 3. The number of esters is 1. The van der Waals surface area contributed by atoms with E-state index in [2.05, 4.69) is 5.10 Å². The maximum atomic E-state index is 13.6. The molecule has 0 fully saturated rings. The van der Waals surface area contributed by atoms with E-state index in [-0.39, 0.29) is 22.1 Å². The fourth-order valence-corrected chi connectivity index (χ4v) is 4.87. The van der Waals surface area contributed by atoms with Crippen LogP contribution in [0.2, 0.25) is 0 Å². The molecule has 0 atom stereocenters. The zero-order valence-corrected chi connectivity index (χ0v) is 19.9. The largest absolute Gasteiger partial charge is 0.403 e. The van der Waals surface area contributed by atoms with Gasteiger partial charge in [-0.25, -0.2) is 17.9 Å². The van der Waals surface area contributed by atoms with Crippen LogP contribution in [0.25, 0.3) is 0 Å². The van der Waals surface area contributed by atoms with E-state index in [1.54, 1.807) is 43.9 Å². The van der Waals surface area contributed by atoms with Gasteiger partial charge in [0.1, 0.15) is 5.56 Å². The SMILES string of the molecule is CCc1c(S(C)(=O)=O)ccc(C(=O)c2c(C)nn(CC)c2OC(=O)c2ccn(C)c2)c1C. The number of ketones is 1. The summed E-state index contributed by atoms with van der Waals surface area (Å²) in [5.41, 5.74) is 2.51. The maximum absolute atomic E-state index is 13.6. The predicted octanol–water partition coefficient (Wildman–Crippen LogP) is 3.27. The molecule has 0 aliphatic heterocycles. The zero-order chi connectivity index (χ0) is 23.8. The molecule has 2 heterocycles. The van der Waals surface area contributed by atoms with Gasteiger partial charge in [0.05, 0.1) is 16.2 Å². The van der Waals surface area contributed by atoms with Gasteiger partial charge in [-0.2, -0.15) is 5.10 Å². The first-order chi connectivity index (χ1) is 15.0. The van der Waals surface area contributed by atoms with Crippen LogP contribution in [0.3, 0.4) is 0 Å². The van der Waals surface area contributed by atoms with Crippen LogP contribution in [0.5, 0.6) is 5.88 Å². The molecule has 0 amide bonds. The monoisotopic (exact) mass is 457 g/mol. The number of nitrogens with zero attached hydrogens (tertiary/aromatic N) is 3. The lowest BCUT2D eigenvalue weighted by Crippen LogP contribution is -2.15. The summed E-state index contributed by atoms with van der Waals surface area (Å²) in [7, 11) is -1.64. The van der Waals surface area contributed by atoms with Crippen molar-refractivity contribution in [1.29, 1.82) is 0 Å². The molecule has 170 valence electrons. The van der Waals surface area contributed by atoms with Gasteiger partial charge in [-0.05, 0) is 56.5 Å². The Morgan fingerprint density at radius 3 is 2.34 bits per heavy atom. The number of sulfone groups is 1. The van der Waals surface area contributed by atoms with E-state index in [1.807, 2.05) is 13.8 Å². The summed E-state index contributed by atoms with van der Waals surface area (Å²) in [4.78, 5) is 26.5. The van der Waals surface area contributed by atoms with Gasteiger partial charge in [-0.15, -0.1) is 0 Å². The van der Waals surface area contributed by atoms with Gasteiger partial charge in [0, 0.05) is 37.8 Å². The Hall–Kier alpha value is -3.20. The number of hydrogen-bond donors (Lipinski definition) is 0. The second-order valence-electron chi connectivity index (χ2n) is 7.71. The summed E-state index contributed by atoms with van der Waals surface area (Å²) in [6.45, 7) is 7.49. The molecule has 0 saturated heterocycles. The lowest BCUT2D eigenvalue weighted by Gasteiger charge is -2.14. The molecule has 0 N–H and O–H groups in total. The van der Waals surface area contributed by atoms with Crippen molar-refractivity contribution >= 4 is 21.6 Å². The van der Waals surface area contributed by atoms with E-state index in [9.17, 15) is 18.0 Å². The standard InChI is InChI=1S/C23H27N3O5S/c1-7-17-14(3)18(9-10-19(17)32(6,29)30)21(27)20-15(4)24-26(8-2)22(20)31-23(28)16-11-12-25(5)13-16/h9-13H,7-8H2,1-6H3. The molecule has 0 saturated carbocycles. The number of benzene rings is 1. The van der Waals surface area contributed by atoms with Crippen molar-refractivity contribution < 1.29 is 22.7 Å². The van der Waals surface area contributed by atoms with Crippen LogP contribution in [0, 0.1) is 13.8 Å². The first kappa shape index (κ1) is 23.5. The average Bonchev–Trinajstić information content (AvgIpc) is 3.29. The summed E-state index contributed by atoms with van der Waals surface area (Å²) in [6, 6.07) is 4.60. The van der Waals surface area contributed by atoms with Crippen LogP contribution >= 0.6 is 0 Å². The Balaban J connectivity index is 2.11. The molecular formula is C23H27N3O5S. The van der Waals surface area contributed by atoms with Gasteiger partial charge < -0.3 is 9.30 Å². The van der Waals surface area contributed by atoms with Crippen molar-refractivity contribution in [3.05, 3.63) is 64.1 Å². The van der Waals surface area contributed by atoms with Gasteiger partial charge in [-0.1, -0.05) is 6.92 Å². The highest BCUT2D eigenvalue weighted by Crippen LogP contribution is 2.30. The number of rotatable bonds is 7. The molecule has 2 aromatic heterocycles. The third kappa shape index (κ3) is 4.25. The first-order valence-corrected chi connectivity index (χ1v) is 12.2. The molecule has 0 aliphatic carbocycles. The van der Waals surface area contributed by atoms with Gasteiger partial charge >= 0.3 is 5.97 Å². The third-order valence-electron chi connectivity index (χ3n) is 5.42. The minimum absolute atomic E-state index is 0.0773. The summed E-state index contributed by atoms with van der Waals surface area (Å²) in [5.74, 6) is -0.883. The van der Waals surface area contributed by atoms with Gasteiger partial charge in [0.15, 0.2) is 9.84 Å². The van der Waals surface area contributed by atoms with E-state index in [0.29, 0.717) is 40.9 Å². The average molecular weight is 458 g/mol. The minimum atomic E-state index is -3.43. The molecular weight excluding hydrogens is 430 g/mol. The topological polar surface area (TPSA) is 100 Å². The molecule has 0 unspecified atom stereocenters. The molecule has 0 aliphatic rings. The molecule has 3 rings (SSSR count). The Bertz CT molecular complexity index is 1320. The highest BCUT2D eigenvalue weighted by molar-refractivity contribution is 7.90. The van der Waals surface area contributed by atoms with Crippen LogP contribution in [0.1, 0.15) is 56.9 Å². The third-order valence-corrected chi connectivity index (χ3v) is 6.60. The molecule has 3 aromatic rings. The fourth-order valence-electron chi connectivity index (χ4n) is 3.81. The van der Waals surface area contributed by atoms with Crippen LogP contribution < -0.4 is 4.74 Å². The van der Waals surface area contributed by atoms with E-state index in [1.165, 1.54) is 16.8 Å². The van der Waals surface area contributed by atoms with Crippen molar-refractivity contribution in [3.8, 4) is 5.88 Å². The number of hydrogen-bond acceptors (Lipinski definition) is 6.